The van der Waals surface area contributed by atoms with Gasteiger partial charge in [0.2, 0.25) is 0 Å². The van der Waals surface area contributed by atoms with Crippen LogP contribution in [0.15, 0.2) is 12.1 Å². The molecule has 2 nitrogen and oxygen atoms in total. The van der Waals surface area contributed by atoms with Crippen LogP contribution in [-0.2, 0) is 0 Å². The molecule has 0 saturated carbocycles. The predicted octanol–water partition coefficient (Wildman–Crippen LogP) is 2.81. The second-order valence-corrected chi connectivity index (χ2v) is 3.71. The van der Waals surface area contributed by atoms with Crippen molar-refractivity contribution in [2.45, 2.75) is 6.92 Å². The van der Waals surface area contributed by atoms with Gasteiger partial charge in [0.15, 0.2) is 5.78 Å². The SMILES string of the molecule is Cc1cc(C(=O)CBr)c(N)cc1Cl. The smallest absolute Gasteiger partial charge is 0.175 e. The van der Waals surface area contributed by atoms with Crippen LogP contribution < -0.4 is 5.73 Å². The van der Waals surface area contributed by atoms with Gasteiger partial charge >= 0.3 is 0 Å². The zero-order chi connectivity index (χ0) is 10.0. The van der Waals surface area contributed by atoms with Gasteiger partial charge in [-0.1, -0.05) is 27.5 Å². The fourth-order valence-electron chi connectivity index (χ4n) is 1.01. The average molecular weight is 263 g/mol. The van der Waals surface area contributed by atoms with Gasteiger partial charge in [-0.2, -0.15) is 0 Å². The molecule has 0 aromatic heterocycles. The van der Waals surface area contributed by atoms with Crippen LogP contribution in [0.3, 0.4) is 0 Å². The highest BCUT2D eigenvalue weighted by atomic mass is 79.9. The number of Topliss-reactive ketones (excluding diaryl/α,β-unsaturated/α-hetero) is 1. The van der Waals surface area contributed by atoms with Gasteiger partial charge < -0.3 is 5.73 Å². The number of hydrogen-bond donors (Lipinski definition) is 1. The van der Waals surface area contributed by atoms with Crippen LogP contribution >= 0.6 is 27.5 Å². The summed E-state index contributed by atoms with van der Waals surface area (Å²) < 4.78 is 0. The first-order chi connectivity index (χ1) is 6.06. The molecular formula is C9H9BrClNO. The van der Waals surface area contributed by atoms with Crippen molar-refractivity contribution in [3.05, 3.63) is 28.3 Å². The molecule has 0 aliphatic heterocycles. The Hall–Kier alpha value is -0.540. The standard InChI is InChI=1S/C9H9BrClNO/c1-5-2-6(9(13)4-10)8(12)3-7(5)11/h2-3H,4,12H2,1H3. The Morgan fingerprint density at radius 3 is 2.77 bits per heavy atom. The van der Waals surface area contributed by atoms with Crippen LogP contribution in [0.1, 0.15) is 15.9 Å². The van der Waals surface area contributed by atoms with E-state index in [1.807, 2.05) is 6.92 Å². The van der Waals surface area contributed by atoms with E-state index >= 15 is 0 Å². The lowest BCUT2D eigenvalue weighted by atomic mass is 10.1. The molecule has 2 N–H and O–H groups in total. The number of aryl methyl sites for hydroxylation is 1. The molecule has 0 bridgehead atoms. The third-order valence-corrected chi connectivity index (χ3v) is 2.67. The lowest BCUT2D eigenvalue weighted by Crippen LogP contribution is -2.05. The summed E-state index contributed by atoms with van der Waals surface area (Å²) in [5.41, 5.74) is 7.46. The highest BCUT2D eigenvalue weighted by Gasteiger charge is 2.10. The van der Waals surface area contributed by atoms with E-state index in [2.05, 4.69) is 15.9 Å². The van der Waals surface area contributed by atoms with E-state index in [0.29, 0.717) is 16.3 Å². The lowest BCUT2D eigenvalue weighted by Gasteiger charge is -2.05. The Kier molecular flexibility index (Phi) is 3.33. The Bertz CT molecular complexity index is 352. The van der Waals surface area contributed by atoms with Crippen LogP contribution in [0.5, 0.6) is 0 Å². The summed E-state index contributed by atoms with van der Waals surface area (Å²) in [6, 6.07) is 3.31. The van der Waals surface area contributed by atoms with E-state index in [4.69, 9.17) is 17.3 Å². The summed E-state index contributed by atoms with van der Waals surface area (Å²) in [4.78, 5) is 11.3. The summed E-state index contributed by atoms with van der Waals surface area (Å²) in [5, 5.41) is 0.863. The quantitative estimate of drug-likeness (QED) is 0.506. The minimum atomic E-state index is -0.0303. The van der Waals surface area contributed by atoms with Crippen LogP contribution in [0.25, 0.3) is 0 Å². The molecule has 0 radical (unpaired) electrons. The van der Waals surface area contributed by atoms with E-state index in [-0.39, 0.29) is 11.1 Å². The molecule has 0 heterocycles. The number of carbonyl (C=O) groups excluding carboxylic acids is 1. The maximum atomic E-state index is 11.3. The molecule has 70 valence electrons. The number of rotatable bonds is 2. The fourth-order valence-corrected chi connectivity index (χ4v) is 1.48. The number of nitrogen functional groups attached to an aromatic ring is 1. The first kappa shape index (κ1) is 10.5. The molecular weight excluding hydrogens is 253 g/mol. The molecule has 0 fully saturated rings. The van der Waals surface area contributed by atoms with E-state index < -0.39 is 0 Å². The molecule has 1 aromatic rings. The molecule has 0 saturated heterocycles. The number of ketones is 1. The van der Waals surface area contributed by atoms with Crippen LogP contribution in [-0.4, -0.2) is 11.1 Å². The molecule has 0 spiro atoms. The number of anilines is 1. The maximum absolute atomic E-state index is 11.3. The minimum absolute atomic E-state index is 0.0303. The largest absolute Gasteiger partial charge is 0.398 e. The van der Waals surface area contributed by atoms with Crippen molar-refractivity contribution in [3.63, 3.8) is 0 Å². The van der Waals surface area contributed by atoms with Crippen LogP contribution in [0.4, 0.5) is 5.69 Å². The summed E-state index contributed by atoms with van der Waals surface area (Å²) in [6.45, 7) is 1.84. The van der Waals surface area contributed by atoms with Gasteiger partial charge in [-0.05, 0) is 24.6 Å². The van der Waals surface area contributed by atoms with Gasteiger partial charge in [-0.15, -0.1) is 0 Å². The third-order valence-electron chi connectivity index (χ3n) is 1.75. The number of carbonyl (C=O) groups is 1. The van der Waals surface area contributed by atoms with Crippen molar-refractivity contribution >= 4 is 39.0 Å². The summed E-state index contributed by atoms with van der Waals surface area (Å²) >= 11 is 8.92. The molecule has 0 aliphatic carbocycles. The minimum Gasteiger partial charge on any atom is -0.398 e. The van der Waals surface area contributed by atoms with E-state index in [0.717, 1.165) is 5.56 Å². The zero-order valence-electron chi connectivity index (χ0n) is 7.10. The number of benzene rings is 1. The monoisotopic (exact) mass is 261 g/mol. The Morgan fingerprint density at radius 2 is 2.23 bits per heavy atom. The highest BCUT2D eigenvalue weighted by molar-refractivity contribution is 9.09. The van der Waals surface area contributed by atoms with Crippen molar-refractivity contribution in [1.29, 1.82) is 0 Å². The first-order valence-corrected chi connectivity index (χ1v) is 5.21. The molecule has 1 aromatic carbocycles. The molecule has 13 heavy (non-hydrogen) atoms. The molecule has 0 aliphatic rings. The Morgan fingerprint density at radius 1 is 1.62 bits per heavy atom. The lowest BCUT2D eigenvalue weighted by molar-refractivity contribution is 0.102. The van der Waals surface area contributed by atoms with Gasteiger partial charge in [0.25, 0.3) is 0 Å². The second-order valence-electron chi connectivity index (χ2n) is 2.75. The molecule has 4 heteroatoms. The van der Waals surface area contributed by atoms with Gasteiger partial charge in [0.1, 0.15) is 0 Å². The number of alkyl halides is 1. The number of hydrogen-bond acceptors (Lipinski definition) is 2. The van der Waals surface area contributed by atoms with Gasteiger partial charge in [-0.3, -0.25) is 4.79 Å². The van der Waals surface area contributed by atoms with E-state index in [1.165, 1.54) is 0 Å². The average Bonchev–Trinajstić information content (AvgIpc) is 2.10. The van der Waals surface area contributed by atoms with Crippen molar-refractivity contribution < 1.29 is 4.79 Å². The second kappa shape index (κ2) is 4.11. The van der Waals surface area contributed by atoms with E-state index in [9.17, 15) is 4.79 Å². The number of halogens is 2. The molecule has 1 rings (SSSR count). The Labute approximate surface area is 90.2 Å². The first-order valence-electron chi connectivity index (χ1n) is 3.71. The molecule has 0 unspecified atom stereocenters. The fraction of sp³-hybridized carbons (Fsp3) is 0.222. The summed E-state index contributed by atoms with van der Waals surface area (Å²) in [6.07, 6.45) is 0. The highest BCUT2D eigenvalue weighted by Crippen LogP contribution is 2.23. The number of nitrogens with two attached hydrogens (primary N) is 1. The summed E-state index contributed by atoms with van der Waals surface area (Å²) in [5.74, 6) is -0.0303. The van der Waals surface area contributed by atoms with Gasteiger partial charge in [0, 0.05) is 16.3 Å². The van der Waals surface area contributed by atoms with Crippen molar-refractivity contribution in [3.8, 4) is 0 Å². The zero-order valence-corrected chi connectivity index (χ0v) is 9.45. The maximum Gasteiger partial charge on any atom is 0.175 e. The predicted molar refractivity (Wildman–Crippen MR) is 58.7 cm³/mol. The van der Waals surface area contributed by atoms with Crippen LogP contribution in [0, 0.1) is 6.92 Å². The topological polar surface area (TPSA) is 43.1 Å². The normalized spacial score (nSPS) is 10.1. The molecule has 0 atom stereocenters. The molecule has 0 amide bonds. The van der Waals surface area contributed by atoms with Gasteiger partial charge in [0.05, 0.1) is 5.33 Å². The summed E-state index contributed by atoms with van der Waals surface area (Å²) in [7, 11) is 0. The Balaban J connectivity index is 3.23. The third kappa shape index (κ3) is 2.23. The van der Waals surface area contributed by atoms with Crippen molar-refractivity contribution in [2.24, 2.45) is 0 Å². The van der Waals surface area contributed by atoms with Crippen molar-refractivity contribution in [2.75, 3.05) is 11.1 Å². The van der Waals surface area contributed by atoms with E-state index in [1.54, 1.807) is 12.1 Å². The van der Waals surface area contributed by atoms with Crippen LogP contribution in [0.2, 0.25) is 5.02 Å². The van der Waals surface area contributed by atoms with Gasteiger partial charge in [-0.25, -0.2) is 0 Å². The van der Waals surface area contributed by atoms with Crippen molar-refractivity contribution in [1.82, 2.24) is 0 Å².